The first-order chi connectivity index (χ1) is 11.1. The Bertz CT molecular complexity index is 674. The lowest BCUT2D eigenvalue weighted by molar-refractivity contribution is 0.0933. The molecular formula is C18H23N3O2. The van der Waals surface area contributed by atoms with Gasteiger partial charge in [0.2, 0.25) is 0 Å². The number of likely N-dealkylation sites (tertiary alicyclic amines) is 1. The van der Waals surface area contributed by atoms with E-state index in [-0.39, 0.29) is 11.9 Å². The summed E-state index contributed by atoms with van der Waals surface area (Å²) >= 11 is 0. The fourth-order valence-electron chi connectivity index (χ4n) is 3.07. The highest BCUT2D eigenvalue weighted by Crippen LogP contribution is 2.26. The monoisotopic (exact) mass is 313 g/mol. The third-order valence-corrected chi connectivity index (χ3v) is 4.28. The van der Waals surface area contributed by atoms with Crippen LogP contribution in [0.1, 0.15) is 40.8 Å². The van der Waals surface area contributed by atoms with Crippen molar-refractivity contribution < 1.29 is 9.21 Å². The molecule has 3 N–H and O–H groups in total. The number of hydrogen-bond acceptors (Lipinski definition) is 4. The number of rotatable bonds is 5. The molecule has 2 aromatic rings. The summed E-state index contributed by atoms with van der Waals surface area (Å²) in [5.74, 6) is 1.70. The lowest BCUT2D eigenvalue weighted by Gasteiger charge is -2.26. The van der Waals surface area contributed by atoms with Gasteiger partial charge in [0.25, 0.3) is 5.91 Å². The summed E-state index contributed by atoms with van der Waals surface area (Å²) < 4.78 is 5.80. The zero-order valence-corrected chi connectivity index (χ0v) is 13.4. The number of hydrogen-bond donors (Lipinski definition) is 2. The van der Waals surface area contributed by atoms with Crippen molar-refractivity contribution in [2.75, 3.05) is 25.4 Å². The molecule has 3 rings (SSSR count). The Morgan fingerprint density at radius 2 is 2.09 bits per heavy atom. The predicted molar refractivity (Wildman–Crippen MR) is 90.2 cm³/mol. The Labute approximate surface area is 136 Å². The van der Waals surface area contributed by atoms with E-state index < -0.39 is 0 Å². The first-order valence-corrected chi connectivity index (χ1v) is 8.07. The van der Waals surface area contributed by atoms with Gasteiger partial charge in [0.1, 0.15) is 11.5 Å². The number of benzene rings is 1. The van der Waals surface area contributed by atoms with Gasteiger partial charge in [-0.05, 0) is 63.2 Å². The van der Waals surface area contributed by atoms with Gasteiger partial charge in [0.15, 0.2) is 0 Å². The van der Waals surface area contributed by atoms with Crippen molar-refractivity contribution in [3.63, 3.8) is 0 Å². The van der Waals surface area contributed by atoms with E-state index in [0.717, 1.165) is 24.6 Å². The quantitative estimate of drug-likeness (QED) is 0.833. The van der Waals surface area contributed by atoms with Gasteiger partial charge in [0, 0.05) is 17.8 Å². The van der Waals surface area contributed by atoms with E-state index in [4.69, 9.17) is 10.2 Å². The van der Waals surface area contributed by atoms with Gasteiger partial charge < -0.3 is 15.5 Å². The number of nitrogen functional groups attached to an aromatic ring is 1. The SMILES string of the molecule is Cc1ccc(C(CNC(=O)c2cccc(N)c2)N2CCCC2)o1. The van der Waals surface area contributed by atoms with Crippen LogP contribution in [0.2, 0.25) is 0 Å². The number of aryl methyl sites for hydroxylation is 1. The van der Waals surface area contributed by atoms with Crippen molar-refractivity contribution in [2.45, 2.75) is 25.8 Å². The summed E-state index contributed by atoms with van der Waals surface area (Å²) in [4.78, 5) is 14.7. The normalized spacial score (nSPS) is 16.4. The van der Waals surface area contributed by atoms with E-state index in [1.807, 2.05) is 19.1 Å². The molecule has 1 amide bonds. The van der Waals surface area contributed by atoms with Crippen molar-refractivity contribution in [1.82, 2.24) is 10.2 Å². The number of amides is 1. The molecule has 0 bridgehead atoms. The molecule has 2 heterocycles. The molecular weight excluding hydrogens is 290 g/mol. The van der Waals surface area contributed by atoms with Crippen LogP contribution in [0, 0.1) is 6.92 Å². The minimum atomic E-state index is -0.107. The number of carbonyl (C=O) groups excluding carboxylic acids is 1. The van der Waals surface area contributed by atoms with Crippen molar-refractivity contribution in [1.29, 1.82) is 0 Å². The van der Waals surface area contributed by atoms with Crippen LogP contribution in [-0.2, 0) is 0 Å². The molecule has 1 atom stereocenters. The Kier molecular flexibility index (Phi) is 4.67. The molecule has 1 aromatic heterocycles. The fourth-order valence-corrected chi connectivity index (χ4v) is 3.07. The lowest BCUT2D eigenvalue weighted by Crippen LogP contribution is -2.36. The summed E-state index contributed by atoms with van der Waals surface area (Å²) in [7, 11) is 0. The van der Waals surface area contributed by atoms with Crippen LogP contribution in [0.3, 0.4) is 0 Å². The molecule has 122 valence electrons. The topological polar surface area (TPSA) is 71.5 Å². The minimum absolute atomic E-state index is 0.0798. The average Bonchev–Trinajstić information content (AvgIpc) is 3.20. The van der Waals surface area contributed by atoms with E-state index >= 15 is 0 Å². The Morgan fingerprint density at radius 3 is 2.74 bits per heavy atom. The summed E-state index contributed by atoms with van der Waals surface area (Å²) in [5.41, 5.74) is 6.92. The smallest absolute Gasteiger partial charge is 0.251 e. The number of nitrogens with zero attached hydrogens (tertiary/aromatic N) is 1. The van der Waals surface area contributed by atoms with Gasteiger partial charge >= 0.3 is 0 Å². The molecule has 1 aliphatic rings. The predicted octanol–water partition coefficient (Wildman–Crippen LogP) is 2.74. The first-order valence-electron chi connectivity index (χ1n) is 8.07. The number of nitrogens with two attached hydrogens (primary N) is 1. The Morgan fingerprint density at radius 1 is 1.30 bits per heavy atom. The van der Waals surface area contributed by atoms with E-state index in [0.29, 0.717) is 17.8 Å². The van der Waals surface area contributed by atoms with E-state index in [1.54, 1.807) is 24.3 Å². The second-order valence-corrected chi connectivity index (χ2v) is 6.04. The van der Waals surface area contributed by atoms with Crippen molar-refractivity contribution >= 4 is 11.6 Å². The molecule has 5 heteroatoms. The van der Waals surface area contributed by atoms with Gasteiger partial charge in [-0.1, -0.05) is 6.07 Å². The highest BCUT2D eigenvalue weighted by Gasteiger charge is 2.26. The molecule has 1 saturated heterocycles. The van der Waals surface area contributed by atoms with Crippen LogP contribution < -0.4 is 11.1 Å². The number of carbonyl (C=O) groups is 1. The largest absolute Gasteiger partial charge is 0.465 e. The van der Waals surface area contributed by atoms with Crippen LogP contribution in [0.5, 0.6) is 0 Å². The Hall–Kier alpha value is -2.27. The lowest BCUT2D eigenvalue weighted by atomic mass is 10.1. The van der Waals surface area contributed by atoms with Crippen LogP contribution in [-0.4, -0.2) is 30.4 Å². The zero-order chi connectivity index (χ0) is 16.2. The minimum Gasteiger partial charge on any atom is -0.465 e. The summed E-state index contributed by atoms with van der Waals surface area (Å²) in [5, 5.41) is 3.01. The number of anilines is 1. The molecule has 0 saturated carbocycles. The third-order valence-electron chi connectivity index (χ3n) is 4.28. The maximum atomic E-state index is 12.3. The first kappa shape index (κ1) is 15.6. The highest BCUT2D eigenvalue weighted by atomic mass is 16.3. The zero-order valence-electron chi connectivity index (χ0n) is 13.4. The third kappa shape index (κ3) is 3.74. The number of furan rings is 1. The van der Waals surface area contributed by atoms with E-state index in [2.05, 4.69) is 10.2 Å². The second kappa shape index (κ2) is 6.87. The van der Waals surface area contributed by atoms with Crippen LogP contribution >= 0.6 is 0 Å². The highest BCUT2D eigenvalue weighted by molar-refractivity contribution is 5.95. The molecule has 5 nitrogen and oxygen atoms in total. The van der Waals surface area contributed by atoms with Crippen LogP contribution in [0.15, 0.2) is 40.8 Å². The van der Waals surface area contributed by atoms with Crippen molar-refractivity contribution in [3.8, 4) is 0 Å². The van der Waals surface area contributed by atoms with Crippen LogP contribution in [0.4, 0.5) is 5.69 Å². The van der Waals surface area contributed by atoms with E-state index in [9.17, 15) is 4.79 Å². The summed E-state index contributed by atoms with van der Waals surface area (Å²) in [6.07, 6.45) is 2.39. The summed E-state index contributed by atoms with van der Waals surface area (Å²) in [6, 6.07) is 11.1. The van der Waals surface area contributed by atoms with E-state index in [1.165, 1.54) is 12.8 Å². The molecule has 0 aliphatic carbocycles. The molecule has 1 fully saturated rings. The second-order valence-electron chi connectivity index (χ2n) is 6.04. The molecule has 0 radical (unpaired) electrons. The molecule has 1 aliphatic heterocycles. The molecule has 1 unspecified atom stereocenters. The standard InChI is InChI=1S/C18H23N3O2/c1-13-7-8-17(23-13)16(21-9-2-3-10-21)12-20-18(22)14-5-4-6-15(19)11-14/h4-8,11,16H,2-3,9-10,12,19H2,1H3,(H,20,22). The van der Waals surface area contributed by atoms with Crippen molar-refractivity contribution in [2.24, 2.45) is 0 Å². The summed E-state index contributed by atoms with van der Waals surface area (Å²) in [6.45, 7) is 4.55. The fraction of sp³-hybridized carbons (Fsp3) is 0.389. The van der Waals surface area contributed by atoms with Gasteiger partial charge in [-0.15, -0.1) is 0 Å². The average molecular weight is 313 g/mol. The molecule has 23 heavy (non-hydrogen) atoms. The van der Waals surface area contributed by atoms with Crippen LogP contribution in [0.25, 0.3) is 0 Å². The Balaban J connectivity index is 1.70. The van der Waals surface area contributed by atoms with Crippen molar-refractivity contribution in [3.05, 3.63) is 53.5 Å². The maximum Gasteiger partial charge on any atom is 0.251 e. The van der Waals surface area contributed by atoms with Gasteiger partial charge in [-0.25, -0.2) is 0 Å². The van der Waals surface area contributed by atoms with Gasteiger partial charge in [-0.3, -0.25) is 9.69 Å². The molecule has 1 aromatic carbocycles. The molecule has 0 spiro atoms. The maximum absolute atomic E-state index is 12.3. The van der Waals surface area contributed by atoms with Gasteiger partial charge in [0.05, 0.1) is 6.04 Å². The van der Waals surface area contributed by atoms with Gasteiger partial charge in [-0.2, -0.15) is 0 Å². The number of nitrogens with one attached hydrogen (secondary N) is 1.